The lowest BCUT2D eigenvalue weighted by Crippen LogP contribution is -2.14. The third-order valence-electron chi connectivity index (χ3n) is 2.91. The maximum Gasteiger partial charge on any atom is 0.180 e. The van der Waals surface area contributed by atoms with Gasteiger partial charge < -0.3 is 5.73 Å². The minimum atomic E-state index is -0.0367. The van der Waals surface area contributed by atoms with Gasteiger partial charge in [-0.15, -0.1) is 11.3 Å². The fourth-order valence-electron chi connectivity index (χ4n) is 2.03. The highest BCUT2D eigenvalue weighted by atomic mass is 32.1. The highest BCUT2D eigenvalue weighted by Crippen LogP contribution is 2.32. The molecule has 0 aliphatic heterocycles. The number of hydrogen-bond acceptors (Lipinski definition) is 4. The first kappa shape index (κ1) is 13.6. The van der Waals surface area contributed by atoms with E-state index in [0.717, 1.165) is 16.1 Å². The van der Waals surface area contributed by atoms with Crippen LogP contribution in [0.2, 0.25) is 0 Å². The predicted octanol–water partition coefficient (Wildman–Crippen LogP) is 3.49. The second kappa shape index (κ2) is 5.02. The quantitative estimate of drug-likeness (QED) is 0.909. The van der Waals surface area contributed by atoms with E-state index in [4.69, 9.17) is 11.0 Å². The maximum absolute atomic E-state index is 9.14. The first-order valence-corrected chi connectivity index (χ1v) is 6.97. The lowest BCUT2D eigenvalue weighted by Gasteiger charge is -2.17. The zero-order valence-electron chi connectivity index (χ0n) is 11.4. The van der Waals surface area contributed by atoms with Crippen LogP contribution in [0.25, 0.3) is 0 Å². The van der Waals surface area contributed by atoms with Crippen molar-refractivity contribution in [1.82, 2.24) is 4.98 Å². The number of anilines is 1. The van der Waals surface area contributed by atoms with Gasteiger partial charge in [0.2, 0.25) is 0 Å². The zero-order chi connectivity index (χ0) is 14.0. The van der Waals surface area contributed by atoms with Crippen LogP contribution in [0.15, 0.2) is 24.3 Å². The Morgan fingerprint density at radius 3 is 2.63 bits per heavy atom. The Morgan fingerprint density at radius 1 is 1.32 bits per heavy atom. The monoisotopic (exact) mass is 271 g/mol. The van der Waals surface area contributed by atoms with Crippen molar-refractivity contribution in [3.05, 3.63) is 46.0 Å². The van der Waals surface area contributed by atoms with E-state index >= 15 is 0 Å². The van der Waals surface area contributed by atoms with Gasteiger partial charge in [0.25, 0.3) is 0 Å². The normalized spacial score (nSPS) is 11.3. The number of nitriles is 1. The molecule has 0 aliphatic rings. The second-order valence-electron chi connectivity index (χ2n) is 5.52. The Kier molecular flexibility index (Phi) is 3.59. The van der Waals surface area contributed by atoms with Crippen LogP contribution < -0.4 is 5.73 Å². The number of nitrogens with zero attached hydrogens (tertiary/aromatic N) is 2. The third kappa shape index (κ3) is 2.94. The van der Waals surface area contributed by atoms with Gasteiger partial charge in [-0.2, -0.15) is 5.26 Å². The lowest BCUT2D eigenvalue weighted by molar-refractivity contribution is 0.568. The molecular formula is C15H17N3S. The van der Waals surface area contributed by atoms with Gasteiger partial charge in [0.05, 0.1) is 17.3 Å². The third-order valence-corrected chi connectivity index (χ3v) is 3.80. The SMILES string of the molecule is CC(C)(C)c1nc(N)sc1Cc1ccccc1C#N. The van der Waals surface area contributed by atoms with E-state index in [1.54, 1.807) is 0 Å². The van der Waals surface area contributed by atoms with E-state index in [2.05, 4.69) is 31.8 Å². The molecule has 0 saturated heterocycles. The summed E-state index contributed by atoms with van der Waals surface area (Å²) in [4.78, 5) is 5.59. The van der Waals surface area contributed by atoms with E-state index in [1.807, 2.05) is 24.3 Å². The van der Waals surface area contributed by atoms with Gasteiger partial charge in [-0.25, -0.2) is 4.98 Å². The molecule has 0 saturated carbocycles. The van der Waals surface area contributed by atoms with Crippen LogP contribution >= 0.6 is 11.3 Å². The summed E-state index contributed by atoms with van der Waals surface area (Å²) < 4.78 is 0. The van der Waals surface area contributed by atoms with Crippen molar-refractivity contribution in [3.8, 4) is 6.07 Å². The lowest BCUT2D eigenvalue weighted by atomic mass is 9.89. The molecule has 0 aliphatic carbocycles. The maximum atomic E-state index is 9.14. The molecule has 0 amide bonds. The fourth-order valence-corrected chi connectivity index (χ4v) is 3.10. The number of nitrogen functional groups attached to an aromatic ring is 1. The molecule has 2 aromatic rings. The van der Waals surface area contributed by atoms with Crippen molar-refractivity contribution >= 4 is 16.5 Å². The van der Waals surface area contributed by atoms with Crippen LogP contribution in [0.1, 0.15) is 42.5 Å². The van der Waals surface area contributed by atoms with Crippen molar-refractivity contribution in [2.75, 3.05) is 5.73 Å². The molecule has 3 nitrogen and oxygen atoms in total. The Hall–Kier alpha value is -1.86. The number of hydrogen-bond donors (Lipinski definition) is 1. The number of nitrogens with two attached hydrogens (primary N) is 1. The van der Waals surface area contributed by atoms with Crippen LogP contribution in [0.5, 0.6) is 0 Å². The van der Waals surface area contributed by atoms with Gasteiger partial charge in [-0.05, 0) is 11.6 Å². The molecule has 0 spiro atoms. The molecule has 98 valence electrons. The fraction of sp³-hybridized carbons (Fsp3) is 0.333. The number of rotatable bonds is 2. The molecule has 19 heavy (non-hydrogen) atoms. The summed E-state index contributed by atoms with van der Waals surface area (Å²) in [7, 11) is 0. The molecule has 1 aromatic heterocycles. The van der Waals surface area contributed by atoms with Gasteiger partial charge >= 0.3 is 0 Å². The average Bonchev–Trinajstić information content (AvgIpc) is 2.71. The van der Waals surface area contributed by atoms with Crippen LogP contribution in [0.3, 0.4) is 0 Å². The van der Waals surface area contributed by atoms with Crippen LogP contribution in [0, 0.1) is 11.3 Å². The van der Waals surface area contributed by atoms with E-state index < -0.39 is 0 Å². The van der Waals surface area contributed by atoms with Gasteiger partial charge in [-0.3, -0.25) is 0 Å². The summed E-state index contributed by atoms with van der Waals surface area (Å²) >= 11 is 1.51. The van der Waals surface area contributed by atoms with Gasteiger partial charge in [0.15, 0.2) is 5.13 Å². The highest BCUT2D eigenvalue weighted by Gasteiger charge is 2.23. The summed E-state index contributed by atoms with van der Waals surface area (Å²) in [5.74, 6) is 0. The van der Waals surface area contributed by atoms with Crippen molar-refractivity contribution < 1.29 is 0 Å². The van der Waals surface area contributed by atoms with Crippen molar-refractivity contribution in [2.45, 2.75) is 32.6 Å². The average molecular weight is 271 g/mol. The van der Waals surface area contributed by atoms with E-state index in [1.165, 1.54) is 11.3 Å². The van der Waals surface area contributed by atoms with Crippen molar-refractivity contribution in [1.29, 1.82) is 5.26 Å². The summed E-state index contributed by atoms with van der Waals surface area (Å²) in [6.45, 7) is 6.38. The molecule has 1 aromatic carbocycles. The van der Waals surface area contributed by atoms with Crippen molar-refractivity contribution in [3.63, 3.8) is 0 Å². The number of benzene rings is 1. The topological polar surface area (TPSA) is 62.7 Å². The highest BCUT2D eigenvalue weighted by molar-refractivity contribution is 7.15. The Morgan fingerprint density at radius 2 is 2.00 bits per heavy atom. The van der Waals surface area contributed by atoms with E-state index in [-0.39, 0.29) is 5.41 Å². The van der Waals surface area contributed by atoms with Gasteiger partial charge in [0, 0.05) is 16.7 Å². The van der Waals surface area contributed by atoms with Crippen molar-refractivity contribution in [2.24, 2.45) is 0 Å². The Bertz CT molecular complexity index is 630. The van der Waals surface area contributed by atoms with E-state index in [0.29, 0.717) is 17.1 Å². The Balaban J connectivity index is 2.42. The molecule has 1 heterocycles. The minimum absolute atomic E-state index is 0.0367. The number of aromatic nitrogens is 1. The minimum Gasteiger partial charge on any atom is -0.375 e. The predicted molar refractivity (Wildman–Crippen MR) is 79.2 cm³/mol. The molecule has 2 rings (SSSR count). The summed E-state index contributed by atoms with van der Waals surface area (Å²) in [5, 5.41) is 9.74. The molecule has 0 atom stereocenters. The van der Waals surface area contributed by atoms with E-state index in [9.17, 15) is 0 Å². The molecule has 2 N–H and O–H groups in total. The number of thiazole rings is 1. The molecule has 0 fully saturated rings. The summed E-state index contributed by atoms with van der Waals surface area (Å²) in [6.07, 6.45) is 0.713. The smallest absolute Gasteiger partial charge is 0.180 e. The van der Waals surface area contributed by atoms with Crippen LogP contribution in [0.4, 0.5) is 5.13 Å². The molecule has 0 bridgehead atoms. The standard InChI is InChI=1S/C15H17N3S/c1-15(2,3)13-12(19-14(17)18-13)8-10-6-4-5-7-11(10)9-16/h4-7H,8H2,1-3H3,(H2,17,18). The summed E-state index contributed by atoms with van der Waals surface area (Å²) in [5.41, 5.74) is 8.58. The summed E-state index contributed by atoms with van der Waals surface area (Å²) in [6, 6.07) is 9.90. The second-order valence-corrected chi connectivity index (χ2v) is 6.63. The van der Waals surface area contributed by atoms with Gasteiger partial charge in [0.1, 0.15) is 0 Å². The largest absolute Gasteiger partial charge is 0.375 e. The van der Waals surface area contributed by atoms with Crippen LogP contribution in [-0.2, 0) is 11.8 Å². The Labute approximate surface area is 117 Å². The molecule has 0 unspecified atom stereocenters. The van der Waals surface area contributed by atoms with Crippen LogP contribution in [-0.4, -0.2) is 4.98 Å². The first-order valence-electron chi connectivity index (χ1n) is 6.15. The molecule has 0 radical (unpaired) electrons. The molecule has 4 heteroatoms. The molecular weight excluding hydrogens is 254 g/mol. The zero-order valence-corrected chi connectivity index (χ0v) is 12.2. The first-order chi connectivity index (χ1) is 8.91. The van der Waals surface area contributed by atoms with Gasteiger partial charge in [-0.1, -0.05) is 39.0 Å².